The minimum absolute atomic E-state index is 0.531. The lowest BCUT2D eigenvalue weighted by Crippen LogP contribution is -2.21. The molecule has 3 aromatic rings. The van der Waals surface area contributed by atoms with Crippen molar-refractivity contribution in [3.05, 3.63) is 59.2 Å². The molecule has 1 heterocycles. The molecule has 0 atom stereocenters. The molecule has 7 nitrogen and oxygen atoms in total. The van der Waals surface area contributed by atoms with Crippen LogP contribution in [0.2, 0.25) is 0 Å². The molecule has 0 bridgehead atoms. The smallest absolute Gasteiger partial charge is 0.203 e. The quantitative estimate of drug-likeness (QED) is 0.468. The molecule has 1 aliphatic heterocycles. The van der Waals surface area contributed by atoms with Crippen molar-refractivity contribution in [2.24, 2.45) is 0 Å². The van der Waals surface area contributed by atoms with Gasteiger partial charge in [-0.05, 0) is 28.8 Å². The first-order valence-electron chi connectivity index (χ1n) is 11.0. The van der Waals surface area contributed by atoms with Crippen LogP contribution in [0, 0.1) is 0 Å². The monoisotopic (exact) mass is 465 g/mol. The van der Waals surface area contributed by atoms with Crippen LogP contribution in [-0.4, -0.2) is 47.6 Å². The summed E-state index contributed by atoms with van der Waals surface area (Å²) >= 11 is 0. The number of nitrogens with zero attached hydrogens (tertiary/aromatic N) is 1. The highest BCUT2D eigenvalue weighted by molar-refractivity contribution is 5.88. The van der Waals surface area contributed by atoms with E-state index in [1.54, 1.807) is 42.7 Å². The lowest BCUT2D eigenvalue weighted by Gasteiger charge is -2.22. The predicted molar refractivity (Wildman–Crippen MR) is 131 cm³/mol. The minimum Gasteiger partial charge on any atom is -0.493 e. The fraction of sp³-hybridized carbons (Fsp3) is 0.333. The van der Waals surface area contributed by atoms with Crippen molar-refractivity contribution >= 4 is 0 Å². The SMILES string of the molecule is COc1cc2c(c(OC)c1OC)-c1c(cc(OC)c(OC)c1OC)CN(Cc1ccccc1)C2. The summed E-state index contributed by atoms with van der Waals surface area (Å²) in [7, 11) is 9.75. The molecule has 0 amide bonds. The van der Waals surface area contributed by atoms with Gasteiger partial charge in [0.2, 0.25) is 11.5 Å². The van der Waals surface area contributed by atoms with Crippen LogP contribution < -0.4 is 28.4 Å². The van der Waals surface area contributed by atoms with E-state index < -0.39 is 0 Å². The largest absolute Gasteiger partial charge is 0.493 e. The van der Waals surface area contributed by atoms with Crippen LogP contribution in [-0.2, 0) is 19.6 Å². The van der Waals surface area contributed by atoms with Gasteiger partial charge in [-0.2, -0.15) is 0 Å². The maximum absolute atomic E-state index is 5.92. The third-order valence-corrected chi connectivity index (χ3v) is 6.11. The summed E-state index contributed by atoms with van der Waals surface area (Å²) in [5.41, 5.74) is 5.09. The van der Waals surface area contributed by atoms with E-state index in [-0.39, 0.29) is 0 Å². The van der Waals surface area contributed by atoms with Gasteiger partial charge < -0.3 is 28.4 Å². The molecule has 0 N–H and O–H groups in total. The maximum atomic E-state index is 5.92. The minimum atomic E-state index is 0.531. The van der Waals surface area contributed by atoms with Crippen molar-refractivity contribution < 1.29 is 28.4 Å². The molecule has 0 aromatic heterocycles. The molecule has 0 spiro atoms. The zero-order chi connectivity index (χ0) is 24.2. The summed E-state index contributed by atoms with van der Waals surface area (Å²) in [5, 5.41) is 0. The molecular formula is C27H31NO6. The summed E-state index contributed by atoms with van der Waals surface area (Å²) in [4.78, 5) is 2.37. The standard InChI is InChI=1S/C27H31NO6/c1-29-20-12-18-15-28(14-17-10-8-7-9-11-17)16-19-13-21(30-2)25(32-4)27(34-6)23(19)22(18)26(33-5)24(20)31-3/h7-13H,14-16H2,1-6H3. The molecule has 3 aromatic carbocycles. The van der Waals surface area contributed by atoms with Crippen molar-refractivity contribution in [1.29, 1.82) is 0 Å². The molecule has 0 fully saturated rings. The van der Waals surface area contributed by atoms with Gasteiger partial charge in [-0.25, -0.2) is 0 Å². The lowest BCUT2D eigenvalue weighted by atomic mass is 9.93. The third kappa shape index (κ3) is 4.07. The normalized spacial score (nSPS) is 12.8. The molecule has 34 heavy (non-hydrogen) atoms. The zero-order valence-electron chi connectivity index (χ0n) is 20.6. The van der Waals surface area contributed by atoms with Crippen LogP contribution >= 0.6 is 0 Å². The van der Waals surface area contributed by atoms with Crippen molar-refractivity contribution in [2.45, 2.75) is 19.6 Å². The second-order valence-electron chi connectivity index (χ2n) is 7.99. The topological polar surface area (TPSA) is 58.6 Å². The molecule has 4 rings (SSSR count). The van der Waals surface area contributed by atoms with Gasteiger partial charge in [0.05, 0.1) is 42.7 Å². The predicted octanol–water partition coefficient (Wildman–Crippen LogP) is 4.92. The van der Waals surface area contributed by atoms with Gasteiger partial charge in [-0.3, -0.25) is 4.90 Å². The van der Waals surface area contributed by atoms with Crippen LogP contribution in [0.1, 0.15) is 16.7 Å². The number of rotatable bonds is 8. The zero-order valence-corrected chi connectivity index (χ0v) is 20.6. The first-order valence-corrected chi connectivity index (χ1v) is 11.0. The van der Waals surface area contributed by atoms with Crippen LogP contribution in [0.25, 0.3) is 11.1 Å². The molecule has 0 unspecified atom stereocenters. The van der Waals surface area contributed by atoms with E-state index in [1.807, 2.05) is 18.2 Å². The summed E-state index contributed by atoms with van der Waals surface area (Å²) in [5.74, 6) is 3.46. The molecule has 0 saturated carbocycles. The second-order valence-corrected chi connectivity index (χ2v) is 7.99. The second kappa shape index (κ2) is 10.1. The highest BCUT2D eigenvalue weighted by Gasteiger charge is 2.32. The van der Waals surface area contributed by atoms with Gasteiger partial charge in [-0.15, -0.1) is 0 Å². The Bertz CT molecular complexity index is 1090. The van der Waals surface area contributed by atoms with Crippen LogP contribution in [0.5, 0.6) is 34.5 Å². The summed E-state index contributed by atoms with van der Waals surface area (Å²) in [6.45, 7) is 2.11. The Balaban J connectivity index is 2.03. The summed E-state index contributed by atoms with van der Waals surface area (Å²) in [6, 6.07) is 14.4. The summed E-state index contributed by atoms with van der Waals surface area (Å²) < 4.78 is 34.6. The van der Waals surface area contributed by atoms with Gasteiger partial charge in [-0.1, -0.05) is 30.3 Å². The van der Waals surface area contributed by atoms with E-state index in [0.29, 0.717) is 47.6 Å². The van der Waals surface area contributed by atoms with Gasteiger partial charge >= 0.3 is 0 Å². The van der Waals surface area contributed by atoms with E-state index in [2.05, 4.69) is 29.2 Å². The van der Waals surface area contributed by atoms with E-state index >= 15 is 0 Å². The van der Waals surface area contributed by atoms with Crippen molar-refractivity contribution in [1.82, 2.24) is 4.90 Å². The highest BCUT2D eigenvalue weighted by atomic mass is 16.5. The molecule has 1 aliphatic rings. The Morgan fingerprint density at radius 1 is 0.588 bits per heavy atom. The number of methoxy groups -OCH3 is 6. The number of ether oxygens (including phenoxy) is 6. The van der Waals surface area contributed by atoms with Crippen LogP contribution in [0.4, 0.5) is 0 Å². The molecule has 180 valence electrons. The Morgan fingerprint density at radius 2 is 1.03 bits per heavy atom. The van der Waals surface area contributed by atoms with E-state index in [1.165, 1.54) is 5.56 Å². The molecule has 0 radical (unpaired) electrons. The molecular weight excluding hydrogens is 434 g/mol. The number of hydrogen-bond acceptors (Lipinski definition) is 7. The Morgan fingerprint density at radius 3 is 1.41 bits per heavy atom. The Hall–Kier alpha value is -3.58. The van der Waals surface area contributed by atoms with Crippen molar-refractivity contribution in [2.75, 3.05) is 42.7 Å². The van der Waals surface area contributed by atoms with Gasteiger partial charge in [0.1, 0.15) is 0 Å². The third-order valence-electron chi connectivity index (χ3n) is 6.11. The number of fused-ring (bicyclic) bond motifs is 3. The number of hydrogen-bond donors (Lipinski definition) is 0. The van der Waals surface area contributed by atoms with Crippen molar-refractivity contribution in [3.8, 4) is 45.6 Å². The van der Waals surface area contributed by atoms with E-state index in [0.717, 1.165) is 28.8 Å². The lowest BCUT2D eigenvalue weighted by molar-refractivity contribution is 0.248. The Labute approximate surface area is 200 Å². The molecule has 0 aliphatic carbocycles. The highest BCUT2D eigenvalue weighted by Crippen LogP contribution is 2.55. The fourth-order valence-electron chi connectivity index (χ4n) is 4.70. The van der Waals surface area contributed by atoms with Gasteiger partial charge in [0, 0.05) is 30.8 Å². The van der Waals surface area contributed by atoms with Crippen molar-refractivity contribution in [3.63, 3.8) is 0 Å². The van der Waals surface area contributed by atoms with Gasteiger partial charge in [0.25, 0.3) is 0 Å². The first-order chi connectivity index (χ1) is 16.6. The van der Waals surface area contributed by atoms with Crippen LogP contribution in [0.15, 0.2) is 42.5 Å². The van der Waals surface area contributed by atoms with E-state index in [9.17, 15) is 0 Å². The van der Waals surface area contributed by atoms with Crippen LogP contribution in [0.3, 0.4) is 0 Å². The number of benzene rings is 3. The average Bonchev–Trinajstić information content (AvgIpc) is 3.02. The summed E-state index contributed by atoms with van der Waals surface area (Å²) in [6.07, 6.45) is 0. The molecule has 7 heteroatoms. The fourth-order valence-corrected chi connectivity index (χ4v) is 4.70. The first kappa shape index (κ1) is 23.6. The average molecular weight is 466 g/mol. The van der Waals surface area contributed by atoms with E-state index in [4.69, 9.17) is 28.4 Å². The maximum Gasteiger partial charge on any atom is 0.203 e. The molecule has 0 saturated heterocycles. The Kier molecular flexibility index (Phi) is 7.03. The van der Waals surface area contributed by atoms with Gasteiger partial charge in [0.15, 0.2) is 23.0 Å².